The van der Waals surface area contributed by atoms with Crippen LogP contribution in [0.1, 0.15) is 44.7 Å². The van der Waals surface area contributed by atoms with Gasteiger partial charge in [0.25, 0.3) is 11.8 Å². The van der Waals surface area contributed by atoms with Gasteiger partial charge in [-0.05, 0) is 84.8 Å². The Balaban J connectivity index is 1.19. The highest BCUT2D eigenvalue weighted by Crippen LogP contribution is 2.33. The third-order valence-electron chi connectivity index (χ3n) is 7.82. The Hall–Kier alpha value is -4.85. The Morgan fingerprint density at radius 3 is 2.36 bits per heavy atom. The molecule has 42 heavy (non-hydrogen) atoms. The van der Waals surface area contributed by atoms with Gasteiger partial charge in [0.2, 0.25) is 6.79 Å². The molecule has 6 rings (SSSR count). The van der Waals surface area contributed by atoms with Gasteiger partial charge in [0.15, 0.2) is 11.5 Å². The molecule has 2 amide bonds. The van der Waals surface area contributed by atoms with E-state index >= 15 is 0 Å². The molecule has 4 aromatic carbocycles. The zero-order chi connectivity index (χ0) is 28.9. The number of benzene rings is 4. The Kier molecular flexibility index (Phi) is 8.03. The van der Waals surface area contributed by atoms with Crippen LogP contribution in [0.2, 0.25) is 0 Å². The SMILES string of the molecule is O=C(Nc1ccc(N2CCC(Cc3ccccc3)CC2)c(C(=O)NCc2ccc(F)cc2)c1)c1ccc2c(c1)OCO2. The van der Waals surface area contributed by atoms with Gasteiger partial charge in [0.05, 0.1) is 5.56 Å². The molecule has 1 saturated heterocycles. The fourth-order valence-corrected chi connectivity index (χ4v) is 5.52. The molecule has 2 aliphatic rings. The average Bonchev–Trinajstić information content (AvgIpc) is 3.50. The van der Waals surface area contributed by atoms with Crippen molar-refractivity contribution in [3.63, 3.8) is 0 Å². The number of rotatable bonds is 8. The average molecular weight is 566 g/mol. The van der Waals surface area contributed by atoms with E-state index in [0.29, 0.717) is 34.2 Å². The third-order valence-corrected chi connectivity index (χ3v) is 7.82. The van der Waals surface area contributed by atoms with Crippen molar-refractivity contribution in [3.8, 4) is 11.5 Å². The smallest absolute Gasteiger partial charge is 0.255 e. The lowest BCUT2D eigenvalue weighted by Crippen LogP contribution is -2.36. The van der Waals surface area contributed by atoms with Crippen molar-refractivity contribution in [3.05, 3.63) is 119 Å². The molecule has 2 N–H and O–H groups in total. The molecule has 0 spiro atoms. The molecule has 0 saturated carbocycles. The van der Waals surface area contributed by atoms with Gasteiger partial charge in [0, 0.05) is 36.6 Å². The van der Waals surface area contributed by atoms with Crippen molar-refractivity contribution in [2.75, 3.05) is 30.1 Å². The number of nitrogens with one attached hydrogen (secondary N) is 2. The number of carbonyl (C=O) groups is 2. The maximum Gasteiger partial charge on any atom is 0.255 e. The van der Waals surface area contributed by atoms with Crippen LogP contribution in [-0.2, 0) is 13.0 Å². The van der Waals surface area contributed by atoms with Gasteiger partial charge in [-0.3, -0.25) is 9.59 Å². The van der Waals surface area contributed by atoms with Crippen molar-refractivity contribution in [1.82, 2.24) is 5.32 Å². The Morgan fingerprint density at radius 2 is 1.57 bits per heavy atom. The van der Waals surface area contributed by atoms with E-state index in [0.717, 1.165) is 43.6 Å². The van der Waals surface area contributed by atoms with Crippen LogP contribution in [0.15, 0.2) is 91.0 Å². The molecule has 1 fully saturated rings. The topological polar surface area (TPSA) is 79.9 Å². The monoisotopic (exact) mass is 565 g/mol. The van der Waals surface area contributed by atoms with Crippen LogP contribution in [0.4, 0.5) is 15.8 Å². The van der Waals surface area contributed by atoms with Crippen LogP contribution in [0.25, 0.3) is 0 Å². The largest absolute Gasteiger partial charge is 0.454 e. The summed E-state index contributed by atoms with van der Waals surface area (Å²) in [5.41, 5.74) is 4.37. The standard InChI is InChI=1S/C34H32FN3O4/c35-27-9-6-25(7-10-27)21-36-34(40)29-20-28(37-33(39)26-8-13-31-32(19-26)42-22-41-31)11-12-30(29)38-16-14-24(15-17-38)18-23-4-2-1-3-5-23/h1-13,19-20,24H,14-18,21-22H2,(H,36,40)(H,37,39). The number of fused-ring (bicyclic) bond motifs is 1. The number of anilines is 2. The molecular weight excluding hydrogens is 533 g/mol. The van der Waals surface area contributed by atoms with Crippen LogP contribution in [0.3, 0.4) is 0 Å². The van der Waals surface area contributed by atoms with E-state index in [1.54, 1.807) is 36.4 Å². The summed E-state index contributed by atoms with van der Waals surface area (Å²) in [5, 5.41) is 5.88. The van der Waals surface area contributed by atoms with E-state index in [-0.39, 0.29) is 31.0 Å². The normalized spacial score (nSPS) is 14.5. The highest BCUT2D eigenvalue weighted by Gasteiger charge is 2.24. The van der Waals surface area contributed by atoms with Crippen LogP contribution >= 0.6 is 0 Å². The maximum atomic E-state index is 13.5. The summed E-state index contributed by atoms with van der Waals surface area (Å²) in [6.45, 7) is 2.05. The number of ether oxygens (including phenoxy) is 2. The molecule has 0 aromatic heterocycles. The molecule has 4 aromatic rings. The second kappa shape index (κ2) is 12.3. The van der Waals surface area contributed by atoms with Crippen molar-refractivity contribution in [2.24, 2.45) is 5.92 Å². The minimum Gasteiger partial charge on any atom is -0.454 e. The molecule has 0 unspecified atom stereocenters. The van der Waals surface area contributed by atoms with Crippen molar-refractivity contribution < 1.29 is 23.5 Å². The summed E-state index contributed by atoms with van der Waals surface area (Å²) in [5.74, 6) is 0.798. The quantitative estimate of drug-likeness (QED) is 0.266. The van der Waals surface area contributed by atoms with Gasteiger partial charge in [-0.15, -0.1) is 0 Å². The van der Waals surface area contributed by atoms with Crippen LogP contribution < -0.4 is 25.0 Å². The number of halogens is 1. The van der Waals surface area contributed by atoms with E-state index < -0.39 is 0 Å². The van der Waals surface area contributed by atoms with E-state index in [9.17, 15) is 14.0 Å². The maximum absolute atomic E-state index is 13.5. The highest BCUT2D eigenvalue weighted by atomic mass is 19.1. The summed E-state index contributed by atoms with van der Waals surface area (Å²) < 4.78 is 24.1. The second-order valence-electron chi connectivity index (χ2n) is 10.7. The minimum absolute atomic E-state index is 0.127. The molecule has 7 nitrogen and oxygen atoms in total. The summed E-state index contributed by atoms with van der Waals surface area (Å²) >= 11 is 0. The number of piperidine rings is 1. The fraction of sp³-hybridized carbons (Fsp3) is 0.235. The number of amides is 2. The first-order chi connectivity index (χ1) is 20.5. The van der Waals surface area contributed by atoms with Crippen molar-refractivity contribution >= 4 is 23.2 Å². The number of carbonyl (C=O) groups excluding carboxylic acids is 2. The van der Waals surface area contributed by atoms with Gasteiger partial charge < -0.3 is 25.0 Å². The summed E-state index contributed by atoms with van der Waals surface area (Å²) in [4.78, 5) is 28.8. The molecule has 0 bridgehead atoms. The molecule has 2 heterocycles. The van der Waals surface area contributed by atoms with E-state index in [1.807, 2.05) is 18.2 Å². The first kappa shape index (κ1) is 27.3. The van der Waals surface area contributed by atoms with E-state index in [2.05, 4.69) is 39.8 Å². The first-order valence-corrected chi connectivity index (χ1v) is 14.2. The molecule has 214 valence electrons. The Labute approximate surface area is 244 Å². The number of nitrogens with zero attached hydrogens (tertiary/aromatic N) is 1. The van der Waals surface area contributed by atoms with Gasteiger partial charge in [-0.2, -0.15) is 0 Å². The Bertz CT molecular complexity index is 1570. The lowest BCUT2D eigenvalue weighted by Gasteiger charge is -2.35. The van der Waals surface area contributed by atoms with Crippen LogP contribution in [-0.4, -0.2) is 31.7 Å². The third kappa shape index (κ3) is 6.38. The molecule has 0 atom stereocenters. The predicted octanol–water partition coefficient (Wildman–Crippen LogP) is 6.20. The van der Waals surface area contributed by atoms with Gasteiger partial charge in [-0.1, -0.05) is 42.5 Å². The van der Waals surface area contributed by atoms with Crippen LogP contribution in [0, 0.1) is 11.7 Å². The van der Waals surface area contributed by atoms with Gasteiger partial charge >= 0.3 is 0 Å². The van der Waals surface area contributed by atoms with E-state index in [1.165, 1.54) is 17.7 Å². The molecule has 8 heteroatoms. The summed E-state index contributed by atoms with van der Waals surface area (Å²) in [6, 6.07) is 27.1. The van der Waals surface area contributed by atoms with E-state index in [4.69, 9.17) is 9.47 Å². The summed E-state index contributed by atoms with van der Waals surface area (Å²) in [6.07, 6.45) is 3.09. The minimum atomic E-state index is -0.325. The summed E-state index contributed by atoms with van der Waals surface area (Å²) in [7, 11) is 0. The zero-order valence-electron chi connectivity index (χ0n) is 23.1. The number of hydrogen-bond donors (Lipinski definition) is 2. The molecular formula is C34H32FN3O4. The molecule has 2 aliphatic heterocycles. The molecule has 0 aliphatic carbocycles. The van der Waals surface area contributed by atoms with Crippen molar-refractivity contribution in [1.29, 1.82) is 0 Å². The lowest BCUT2D eigenvalue weighted by atomic mass is 9.89. The van der Waals surface area contributed by atoms with Gasteiger partial charge in [0.1, 0.15) is 5.82 Å². The predicted molar refractivity (Wildman–Crippen MR) is 160 cm³/mol. The highest BCUT2D eigenvalue weighted by molar-refractivity contribution is 6.06. The number of hydrogen-bond acceptors (Lipinski definition) is 5. The second-order valence-corrected chi connectivity index (χ2v) is 10.7. The zero-order valence-corrected chi connectivity index (χ0v) is 23.1. The lowest BCUT2D eigenvalue weighted by molar-refractivity contribution is 0.0950. The fourth-order valence-electron chi connectivity index (χ4n) is 5.52. The molecule has 0 radical (unpaired) electrons. The Morgan fingerprint density at radius 1 is 0.810 bits per heavy atom. The van der Waals surface area contributed by atoms with Crippen molar-refractivity contribution in [2.45, 2.75) is 25.8 Å². The van der Waals surface area contributed by atoms with Gasteiger partial charge in [-0.25, -0.2) is 4.39 Å². The van der Waals surface area contributed by atoms with Crippen LogP contribution in [0.5, 0.6) is 11.5 Å². The first-order valence-electron chi connectivity index (χ1n) is 14.2.